The molecule has 2 aromatic heterocycles. The van der Waals surface area contributed by atoms with Crippen molar-refractivity contribution in [2.75, 3.05) is 18.4 Å². The van der Waals surface area contributed by atoms with E-state index in [1.54, 1.807) is 6.07 Å². The van der Waals surface area contributed by atoms with Crippen molar-refractivity contribution in [3.8, 4) is 18.0 Å². The highest BCUT2D eigenvalue weighted by Crippen LogP contribution is 2.34. The third-order valence-corrected chi connectivity index (χ3v) is 5.10. The van der Waals surface area contributed by atoms with Gasteiger partial charge in [0, 0.05) is 37.0 Å². The molecule has 1 atom stereocenters. The van der Waals surface area contributed by atoms with Crippen molar-refractivity contribution < 1.29 is 13.5 Å². The van der Waals surface area contributed by atoms with Gasteiger partial charge in [-0.3, -0.25) is 4.90 Å². The molecule has 3 rings (SSSR count). The molecule has 0 amide bonds. The quantitative estimate of drug-likeness (QED) is 0.564. The summed E-state index contributed by atoms with van der Waals surface area (Å²) in [7, 11) is 0. The normalized spacial score (nSPS) is 14.6. The molecule has 1 N–H and O–H groups in total. The first-order valence-electron chi connectivity index (χ1n) is 8.81. The third kappa shape index (κ3) is 4.53. The molecule has 2 aromatic rings. The monoisotopic (exact) mass is 418 g/mol. The number of pyridine rings is 2. The number of nitrogens with zero attached hydrogens (tertiary/aromatic N) is 5. The van der Waals surface area contributed by atoms with E-state index in [-0.39, 0.29) is 23.6 Å². The van der Waals surface area contributed by atoms with Gasteiger partial charge in [-0.15, -0.1) is 0 Å². The molecule has 0 spiro atoms. The van der Waals surface area contributed by atoms with Crippen molar-refractivity contribution in [1.29, 1.82) is 10.5 Å². The van der Waals surface area contributed by atoms with Crippen LogP contribution in [-0.4, -0.2) is 34.6 Å². The van der Waals surface area contributed by atoms with Crippen LogP contribution < -0.4 is 10.1 Å². The summed E-state index contributed by atoms with van der Waals surface area (Å²) in [6.45, 7) is 0.271. The molecular formula is C19H17ClF2N6O. The van der Waals surface area contributed by atoms with Crippen LogP contribution >= 0.6 is 11.6 Å². The number of aromatic nitrogens is 2. The van der Waals surface area contributed by atoms with E-state index in [1.165, 1.54) is 12.3 Å². The van der Waals surface area contributed by atoms with E-state index in [1.807, 2.05) is 13.0 Å². The van der Waals surface area contributed by atoms with Gasteiger partial charge in [0.1, 0.15) is 23.6 Å². The van der Waals surface area contributed by atoms with E-state index >= 15 is 0 Å². The number of anilines is 1. The molecule has 7 nitrogen and oxygen atoms in total. The molecule has 10 heteroatoms. The summed E-state index contributed by atoms with van der Waals surface area (Å²) in [6.07, 6.45) is 2.12. The number of hydrogen-bond acceptors (Lipinski definition) is 7. The zero-order chi connectivity index (χ0) is 21.0. The lowest BCUT2D eigenvalue weighted by Gasteiger charge is -2.35. The second-order valence-corrected chi connectivity index (χ2v) is 6.77. The van der Waals surface area contributed by atoms with Crippen molar-refractivity contribution in [1.82, 2.24) is 14.9 Å². The van der Waals surface area contributed by atoms with Gasteiger partial charge < -0.3 is 10.1 Å². The Labute approximate surface area is 171 Å². The average Bonchev–Trinajstić information content (AvgIpc) is 2.71. The van der Waals surface area contributed by atoms with Crippen molar-refractivity contribution in [3.05, 3.63) is 45.7 Å². The van der Waals surface area contributed by atoms with Crippen molar-refractivity contribution in [2.45, 2.75) is 32.5 Å². The smallest absolute Gasteiger partial charge is 0.388 e. The van der Waals surface area contributed by atoms with Crippen LogP contribution in [-0.2, 0) is 13.0 Å². The van der Waals surface area contributed by atoms with Crippen LogP contribution in [0.1, 0.15) is 35.2 Å². The predicted molar refractivity (Wildman–Crippen MR) is 101 cm³/mol. The minimum Gasteiger partial charge on any atom is -0.417 e. The number of nitrogens with one attached hydrogen (secondary N) is 1. The van der Waals surface area contributed by atoms with Gasteiger partial charge in [0.15, 0.2) is 0 Å². The highest BCUT2D eigenvalue weighted by atomic mass is 35.5. The van der Waals surface area contributed by atoms with Crippen molar-refractivity contribution >= 4 is 17.4 Å². The fraction of sp³-hybridized carbons (Fsp3) is 0.368. The molecule has 0 bridgehead atoms. The Kier molecular flexibility index (Phi) is 6.42. The Balaban J connectivity index is 1.85. The van der Waals surface area contributed by atoms with Crippen LogP contribution in [0.4, 0.5) is 14.6 Å². The van der Waals surface area contributed by atoms with Crippen molar-refractivity contribution in [2.24, 2.45) is 0 Å². The highest BCUT2D eigenvalue weighted by molar-refractivity contribution is 6.30. The standard InChI is InChI=1S/C19H17ClF2N6O/c1-11(12-2-3-16(26-9-12)29-19(21)22)28-7-4-13-15(10-28)14(8-24)17(20)27-18(13)25-6-5-23/h2-3,9,11,19H,4,6-7,10H2,1H3,(H,25,27). The van der Waals surface area contributed by atoms with E-state index in [0.717, 1.165) is 16.7 Å². The molecule has 0 saturated carbocycles. The molecule has 150 valence electrons. The summed E-state index contributed by atoms with van der Waals surface area (Å²) >= 11 is 6.19. The van der Waals surface area contributed by atoms with E-state index in [0.29, 0.717) is 30.9 Å². The summed E-state index contributed by atoms with van der Waals surface area (Å²) in [6, 6.07) is 7.14. The molecule has 0 fully saturated rings. The van der Waals surface area contributed by atoms with Crippen LogP contribution in [0.3, 0.4) is 0 Å². The highest BCUT2D eigenvalue weighted by Gasteiger charge is 2.28. The molecule has 0 radical (unpaired) electrons. The van der Waals surface area contributed by atoms with Gasteiger partial charge in [0.25, 0.3) is 0 Å². The van der Waals surface area contributed by atoms with Crippen LogP contribution in [0.5, 0.6) is 5.88 Å². The maximum absolute atomic E-state index is 12.3. The van der Waals surface area contributed by atoms with E-state index in [4.69, 9.17) is 16.9 Å². The second kappa shape index (κ2) is 8.99. The Morgan fingerprint density at radius 2 is 2.14 bits per heavy atom. The molecule has 1 aliphatic rings. The maximum atomic E-state index is 12.3. The summed E-state index contributed by atoms with van der Waals surface area (Å²) in [4.78, 5) is 10.3. The molecule has 0 saturated heterocycles. The maximum Gasteiger partial charge on any atom is 0.388 e. The van der Waals surface area contributed by atoms with Gasteiger partial charge >= 0.3 is 6.61 Å². The Morgan fingerprint density at radius 1 is 1.34 bits per heavy atom. The lowest BCUT2D eigenvalue weighted by Crippen LogP contribution is -2.34. The van der Waals surface area contributed by atoms with Crippen LogP contribution in [0, 0.1) is 22.7 Å². The van der Waals surface area contributed by atoms with Crippen LogP contribution in [0.15, 0.2) is 18.3 Å². The van der Waals surface area contributed by atoms with E-state index in [2.05, 4.69) is 31.0 Å². The predicted octanol–water partition coefficient (Wildman–Crippen LogP) is 3.66. The van der Waals surface area contributed by atoms with Gasteiger partial charge in [0.05, 0.1) is 11.6 Å². The van der Waals surface area contributed by atoms with Crippen LogP contribution in [0.2, 0.25) is 5.15 Å². The zero-order valence-corrected chi connectivity index (χ0v) is 16.2. The minimum absolute atomic E-state index is 0.0785. The SMILES string of the molecule is CC(c1ccc(OC(F)F)nc1)N1CCc2c(NCC#N)nc(Cl)c(C#N)c2C1. The zero-order valence-electron chi connectivity index (χ0n) is 15.5. The molecule has 1 aliphatic heterocycles. The van der Waals surface area contributed by atoms with E-state index < -0.39 is 6.61 Å². The first-order valence-corrected chi connectivity index (χ1v) is 9.19. The van der Waals surface area contributed by atoms with Gasteiger partial charge in [0.2, 0.25) is 5.88 Å². The largest absolute Gasteiger partial charge is 0.417 e. The van der Waals surface area contributed by atoms with Gasteiger partial charge in [-0.05, 0) is 24.5 Å². The molecule has 3 heterocycles. The summed E-state index contributed by atoms with van der Waals surface area (Å²) in [5.41, 5.74) is 2.80. The number of hydrogen-bond donors (Lipinski definition) is 1. The Morgan fingerprint density at radius 3 is 2.76 bits per heavy atom. The van der Waals surface area contributed by atoms with Gasteiger partial charge in [-0.2, -0.15) is 19.3 Å². The third-order valence-electron chi connectivity index (χ3n) is 4.82. The minimum atomic E-state index is -2.92. The number of ether oxygens (including phenoxy) is 1. The average molecular weight is 419 g/mol. The first-order chi connectivity index (χ1) is 13.9. The first kappa shape index (κ1) is 20.7. The van der Waals surface area contributed by atoms with Gasteiger partial charge in [-0.1, -0.05) is 17.7 Å². The van der Waals surface area contributed by atoms with Crippen LogP contribution in [0.25, 0.3) is 0 Å². The fourth-order valence-corrected chi connectivity index (χ4v) is 3.59. The summed E-state index contributed by atoms with van der Waals surface area (Å²) < 4.78 is 28.9. The number of fused-ring (bicyclic) bond motifs is 1. The lowest BCUT2D eigenvalue weighted by atomic mass is 9.95. The molecule has 0 aromatic carbocycles. The molecular weight excluding hydrogens is 402 g/mol. The summed E-state index contributed by atoms with van der Waals surface area (Å²) in [5, 5.41) is 21.4. The second-order valence-electron chi connectivity index (χ2n) is 6.41. The summed E-state index contributed by atoms with van der Waals surface area (Å²) in [5.74, 6) is 0.380. The number of rotatable bonds is 6. The molecule has 29 heavy (non-hydrogen) atoms. The van der Waals surface area contributed by atoms with Crippen molar-refractivity contribution in [3.63, 3.8) is 0 Å². The Bertz CT molecular complexity index is 971. The topological polar surface area (TPSA) is 97.9 Å². The molecule has 0 aliphatic carbocycles. The fourth-order valence-electron chi connectivity index (χ4n) is 3.35. The molecule has 1 unspecified atom stereocenters. The number of halogens is 3. The Hall–Kier alpha value is -3.01. The lowest BCUT2D eigenvalue weighted by molar-refractivity contribution is -0.0528. The number of alkyl halides is 2. The van der Waals surface area contributed by atoms with Gasteiger partial charge in [-0.25, -0.2) is 9.97 Å². The number of nitriles is 2. The van der Waals surface area contributed by atoms with E-state index in [9.17, 15) is 14.0 Å².